The fraction of sp³-hybridized carbons (Fsp3) is 0.500. The van der Waals surface area contributed by atoms with Gasteiger partial charge < -0.3 is 20.3 Å². The molecule has 4 rings (SSSR count). The number of amides is 2. The van der Waals surface area contributed by atoms with Gasteiger partial charge in [-0.05, 0) is 6.42 Å². The number of halogens is 2. The van der Waals surface area contributed by atoms with Gasteiger partial charge in [0.1, 0.15) is 5.56 Å². The van der Waals surface area contributed by atoms with Crippen molar-refractivity contribution in [1.29, 1.82) is 0 Å². The smallest absolute Gasteiger partial charge is 0.275 e. The average molecular weight is 325 g/mol. The number of pyridine rings is 1. The quantitative estimate of drug-likeness (QED) is 0.752. The normalized spacial score (nSPS) is 30.3. The van der Waals surface area contributed by atoms with E-state index in [1.807, 2.05) is 0 Å². The standard InChI is InChI=1S/C14H13F2N3O4/c15-14(16)2-5-1-7(14)8-4-18-3-6(12(17)22)10(20)11(21)9(18)13(23)19(5)8/h3,5,7-8,21H,1-2,4H2,(H2,17,22). The molecule has 1 aromatic rings. The SMILES string of the molecule is NC(=O)c1cn2c(c(O)c1=O)C(=O)N1C3CC(C1C2)C(F)(F)C3. The molecule has 1 aromatic heterocycles. The molecular weight excluding hydrogens is 312 g/mol. The first kappa shape index (κ1) is 14.2. The van der Waals surface area contributed by atoms with E-state index in [9.17, 15) is 28.3 Å². The first-order valence-electron chi connectivity index (χ1n) is 7.19. The minimum absolute atomic E-state index is 0.00799. The molecule has 3 atom stereocenters. The predicted molar refractivity (Wildman–Crippen MR) is 72.3 cm³/mol. The summed E-state index contributed by atoms with van der Waals surface area (Å²) >= 11 is 0. The molecular formula is C14H13F2N3O4. The summed E-state index contributed by atoms with van der Waals surface area (Å²) < 4.78 is 29.1. The van der Waals surface area contributed by atoms with Crippen molar-refractivity contribution in [2.45, 2.75) is 37.4 Å². The van der Waals surface area contributed by atoms with Crippen molar-refractivity contribution < 1.29 is 23.5 Å². The van der Waals surface area contributed by atoms with Crippen LogP contribution in [0.4, 0.5) is 8.78 Å². The Morgan fingerprint density at radius 1 is 1.39 bits per heavy atom. The van der Waals surface area contributed by atoms with Crippen molar-refractivity contribution in [1.82, 2.24) is 9.47 Å². The van der Waals surface area contributed by atoms with Crippen molar-refractivity contribution in [2.75, 3.05) is 0 Å². The molecule has 3 unspecified atom stereocenters. The molecule has 2 fully saturated rings. The minimum Gasteiger partial charge on any atom is -0.503 e. The van der Waals surface area contributed by atoms with Crippen molar-refractivity contribution in [3.63, 3.8) is 0 Å². The van der Waals surface area contributed by atoms with E-state index >= 15 is 0 Å². The van der Waals surface area contributed by atoms with Crippen LogP contribution in [0, 0.1) is 5.92 Å². The van der Waals surface area contributed by atoms with E-state index in [-0.39, 0.29) is 18.7 Å². The van der Waals surface area contributed by atoms with Gasteiger partial charge in [0, 0.05) is 31.1 Å². The monoisotopic (exact) mass is 325 g/mol. The molecule has 7 nitrogen and oxygen atoms in total. The number of piperidine rings is 1. The number of aromatic hydroxyl groups is 1. The van der Waals surface area contributed by atoms with E-state index in [1.54, 1.807) is 0 Å². The zero-order chi connectivity index (χ0) is 16.7. The van der Waals surface area contributed by atoms with Gasteiger partial charge in [-0.25, -0.2) is 8.78 Å². The molecule has 3 N–H and O–H groups in total. The van der Waals surface area contributed by atoms with Gasteiger partial charge in [-0.15, -0.1) is 0 Å². The van der Waals surface area contributed by atoms with Crippen LogP contribution in [0.2, 0.25) is 0 Å². The molecule has 1 aliphatic carbocycles. The molecule has 3 aliphatic rings. The number of fused-ring (bicyclic) bond motifs is 6. The molecule has 9 heteroatoms. The van der Waals surface area contributed by atoms with E-state index in [0.717, 1.165) is 6.20 Å². The summed E-state index contributed by atoms with van der Waals surface area (Å²) in [6, 6.07) is -1.31. The van der Waals surface area contributed by atoms with Crippen LogP contribution in [0.5, 0.6) is 5.75 Å². The topological polar surface area (TPSA) is 106 Å². The first-order chi connectivity index (χ1) is 10.7. The Kier molecular flexibility index (Phi) is 2.52. The van der Waals surface area contributed by atoms with E-state index in [4.69, 9.17) is 5.73 Å². The van der Waals surface area contributed by atoms with Crippen LogP contribution >= 0.6 is 0 Å². The van der Waals surface area contributed by atoms with E-state index in [1.165, 1.54) is 9.47 Å². The van der Waals surface area contributed by atoms with Crippen LogP contribution in [-0.4, -0.2) is 44.4 Å². The predicted octanol–water partition coefficient (Wildman–Crippen LogP) is -0.0953. The molecule has 1 saturated carbocycles. The third-order valence-electron chi connectivity index (χ3n) is 5.13. The molecule has 0 spiro atoms. The molecule has 23 heavy (non-hydrogen) atoms. The number of rotatable bonds is 1. The van der Waals surface area contributed by atoms with Gasteiger partial charge in [-0.1, -0.05) is 0 Å². The van der Waals surface area contributed by atoms with Crippen LogP contribution < -0.4 is 11.2 Å². The Labute approximate surface area is 128 Å². The largest absolute Gasteiger partial charge is 0.503 e. The molecule has 0 aromatic carbocycles. The molecule has 0 radical (unpaired) electrons. The molecule has 1 saturated heterocycles. The number of nitrogens with zero attached hydrogens (tertiary/aromatic N) is 2. The lowest BCUT2D eigenvalue weighted by Gasteiger charge is -2.42. The fourth-order valence-corrected chi connectivity index (χ4v) is 4.18. The van der Waals surface area contributed by atoms with Gasteiger partial charge in [0.15, 0.2) is 11.4 Å². The number of aromatic nitrogens is 1. The Morgan fingerprint density at radius 2 is 2.09 bits per heavy atom. The second-order valence-electron chi connectivity index (χ2n) is 6.33. The maximum Gasteiger partial charge on any atom is 0.275 e. The minimum atomic E-state index is -2.84. The molecule has 2 aliphatic heterocycles. The fourth-order valence-electron chi connectivity index (χ4n) is 4.18. The maximum absolute atomic E-state index is 13.9. The van der Waals surface area contributed by atoms with E-state index < -0.39 is 58.9 Å². The van der Waals surface area contributed by atoms with Gasteiger partial charge in [0.25, 0.3) is 17.7 Å². The Hall–Kier alpha value is -2.45. The van der Waals surface area contributed by atoms with Crippen LogP contribution in [0.15, 0.2) is 11.0 Å². The van der Waals surface area contributed by atoms with Crippen molar-refractivity contribution in [3.8, 4) is 5.75 Å². The highest BCUT2D eigenvalue weighted by molar-refractivity contribution is 5.99. The van der Waals surface area contributed by atoms with Crippen molar-refractivity contribution in [3.05, 3.63) is 27.7 Å². The first-order valence-corrected chi connectivity index (χ1v) is 7.19. The summed E-state index contributed by atoms with van der Waals surface area (Å²) in [5, 5.41) is 10.00. The van der Waals surface area contributed by atoms with Crippen LogP contribution in [0.3, 0.4) is 0 Å². The van der Waals surface area contributed by atoms with E-state index in [0.29, 0.717) is 0 Å². The third-order valence-corrected chi connectivity index (χ3v) is 5.13. The zero-order valence-electron chi connectivity index (χ0n) is 11.8. The molecule has 2 amide bonds. The van der Waals surface area contributed by atoms with E-state index in [2.05, 4.69) is 0 Å². The Balaban J connectivity index is 1.87. The third kappa shape index (κ3) is 1.64. The number of primary amides is 1. The Bertz CT molecular complexity index is 819. The highest BCUT2D eigenvalue weighted by Crippen LogP contribution is 2.53. The molecule has 122 valence electrons. The van der Waals surface area contributed by atoms with Crippen molar-refractivity contribution in [2.24, 2.45) is 11.7 Å². The summed E-state index contributed by atoms with van der Waals surface area (Å²) in [7, 11) is 0. The van der Waals surface area contributed by atoms with Gasteiger partial charge >= 0.3 is 0 Å². The zero-order valence-corrected chi connectivity index (χ0v) is 11.8. The number of hydrogen-bond donors (Lipinski definition) is 2. The highest BCUT2D eigenvalue weighted by atomic mass is 19.3. The molecule has 3 heterocycles. The van der Waals surface area contributed by atoms with Gasteiger partial charge in [-0.2, -0.15) is 0 Å². The highest BCUT2D eigenvalue weighted by Gasteiger charge is 2.63. The van der Waals surface area contributed by atoms with Crippen LogP contribution in [-0.2, 0) is 6.54 Å². The van der Waals surface area contributed by atoms with Crippen molar-refractivity contribution >= 4 is 11.8 Å². The summed E-state index contributed by atoms with van der Waals surface area (Å²) in [6.45, 7) is -0.00799. The number of nitrogens with two attached hydrogens (primary N) is 1. The summed E-state index contributed by atoms with van der Waals surface area (Å²) in [5.74, 6) is -6.36. The van der Waals surface area contributed by atoms with Gasteiger partial charge in [0.05, 0.1) is 6.04 Å². The second kappa shape index (κ2) is 4.09. The number of alkyl halides is 2. The van der Waals surface area contributed by atoms with Crippen LogP contribution in [0.1, 0.15) is 33.7 Å². The lowest BCUT2D eigenvalue weighted by molar-refractivity contribution is -0.0887. The summed E-state index contributed by atoms with van der Waals surface area (Å²) in [4.78, 5) is 37.2. The number of hydrogen-bond acceptors (Lipinski definition) is 4. The number of carbonyl (C=O) groups is 2. The summed E-state index contributed by atoms with van der Waals surface area (Å²) in [6.07, 6.45) is 0.870. The maximum atomic E-state index is 13.9. The molecule has 2 bridgehead atoms. The summed E-state index contributed by atoms with van der Waals surface area (Å²) in [5.41, 5.74) is 3.32. The Morgan fingerprint density at radius 3 is 2.74 bits per heavy atom. The van der Waals surface area contributed by atoms with Gasteiger partial charge in [0.2, 0.25) is 5.43 Å². The second-order valence-corrected chi connectivity index (χ2v) is 6.33. The number of carbonyl (C=O) groups excluding carboxylic acids is 2. The lowest BCUT2D eigenvalue weighted by atomic mass is 9.92. The average Bonchev–Trinajstić information content (AvgIpc) is 2.95. The lowest BCUT2D eigenvalue weighted by Crippen LogP contribution is -2.56. The van der Waals surface area contributed by atoms with Gasteiger partial charge in [-0.3, -0.25) is 14.4 Å². The van der Waals surface area contributed by atoms with Crippen LogP contribution in [0.25, 0.3) is 0 Å².